The van der Waals surface area contributed by atoms with E-state index in [4.69, 9.17) is 0 Å². The fourth-order valence-electron chi connectivity index (χ4n) is 1.88. The number of hydrogen-bond donors (Lipinski definition) is 2. The first-order chi connectivity index (χ1) is 9.37. The lowest BCUT2D eigenvalue weighted by Crippen LogP contribution is -2.47. The number of rotatable bonds is 3. The van der Waals surface area contributed by atoms with Crippen molar-refractivity contribution in [3.63, 3.8) is 0 Å². The molecule has 1 aromatic heterocycles. The van der Waals surface area contributed by atoms with Crippen molar-refractivity contribution in [1.29, 1.82) is 0 Å². The number of nitrogens with one attached hydrogen (secondary N) is 2. The number of fused-ring (bicyclic) bond motifs is 1. The molecule has 0 aliphatic rings. The molecule has 5 nitrogen and oxygen atoms in total. The van der Waals surface area contributed by atoms with Crippen LogP contribution >= 0.6 is 0 Å². The number of carbonyl (C=O) groups excluding carboxylic acids is 1. The van der Waals surface area contributed by atoms with E-state index in [0.717, 1.165) is 10.8 Å². The van der Waals surface area contributed by atoms with Crippen LogP contribution in [0.2, 0.25) is 0 Å². The van der Waals surface area contributed by atoms with E-state index in [1.54, 1.807) is 6.20 Å². The van der Waals surface area contributed by atoms with E-state index in [1.807, 2.05) is 52.0 Å². The van der Waals surface area contributed by atoms with Crippen molar-refractivity contribution in [1.82, 2.24) is 15.5 Å². The lowest BCUT2D eigenvalue weighted by atomic mass is 10.1. The summed E-state index contributed by atoms with van der Waals surface area (Å²) < 4.78 is 0. The van der Waals surface area contributed by atoms with Gasteiger partial charge >= 0.3 is 0 Å². The topological polar surface area (TPSA) is 66.9 Å². The standard InChI is InChI=1S/C15H20N4O/c1-10(14(20)18-15(2,3)4)17-13-12-8-6-5-7-11(12)9-16-19-13/h5-10H,1-4H3,(H,17,19)(H,18,20). The largest absolute Gasteiger partial charge is 0.357 e. The Morgan fingerprint density at radius 1 is 1.25 bits per heavy atom. The number of hydrogen-bond acceptors (Lipinski definition) is 4. The van der Waals surface area contributed by atoms with Crippen LogP contribution in [0.4, 0.5) is 5.82 Å². The van der Waals surface area contributed by atoms with Gasteiger partial charge in [0.15, 0.2) is 5.82 Å². The quantitative estimate of drug-likeness (QED) is 0.900. The second-order valence-corrected chi connectivity index (χ2v) is 5.89. The van der Waals surface area contributed by atoms with Gasteiger partial charge in [0.2, 0.25) is 5.91 Å². The Bertz CT molecular complexity index is 613. The van der Waals surface area contributed by atoms with Crippen LogP contribution in [0.1, 0.15) is 27.7 Å². The number of anilines is 1. The molecule has 0 saturated carbocycles. The van der Waals surface area contributed by atoms with Gasteiger partial charge in [0.1, 0.15) is 6.04 Å². The van der Waals surface area contributed by atoms with E-state index in [0.29, 0.717) is 5.82 Å². The molecule has 1 atom stereocenters. The minimum atomic E-state index is -0.380. The van der Waals surface area contributed by atoms with Crippen molar-refractivity contribution >= 4 is 22.5 Å². The number of amides is 1. The first-order valence-electron chi connectivity index (χ1n) is 6.66. The van der Waals surface area contributed by atoms with E-state index < -0.39 is 0 Å². The third-order valence-corrected chi connectivity index (χ3v) is 2.82. The molecule has 20 heavy (non-hydrogen) atoms. The van der Waals surface area contributed by atoms with Gasteiger partial charge in [-0.05, 0) is 27.7 Å². The van der Waals surface area contributed by atoms with Crippen LogP contribution in [-0.4, -0.2) is 27.7 Å². The van der Waals surface area contributed by atoms with Crippen molar-refractivity contribution in [2.45, 2.75) is 39.3 Å². The molecule has 2 N–H and O–H groups in total. The van der Waals surface area contributed by atoms with E-state index in [2.05, 4.69) is 20.8 Å². The highest BCUT2D eigenvalue weighted by molar-refractivity contribution is 5.93. The molecule has 0 fully saturated rings. The van der Waals surface area contributed by atoms with Gasteiger partial charge in [0.05, 0.1) is 6.20 Å². The van der Waals surface area contributed by atoms with E-state index in [-0.39, 0.29) is 17.5 Å². The van der Waals surface area contributed by atoms with Crippen LogP contribution in [0.15, 0.2) is 30.5 Å². The van der Waals surface area contributed by atoms with E-state index in [1.165, 1.54) is 0 Å². The average Bonchev–Trinajstić information content (AvgIpc) is 2.37. The molecule has 0 spiro atoms. The molecule has 5 heteroatoms. The Morgan fingerprint density at radius 2 is 1.95 bits per heavy atom. The van der Waals surface area contributed by atoms with Crippen LogP contribution in [0.25, 0.3) is 10.8 Å². The third kappa shape index (κ3) is 3.44. The summed E-state index contributed by atoms with van der Waals surface area (Å²) in [5.41, 5.74) is -0.253. The summed E-state index contributed by atoms with van der Waals surface area (Å²) in [4.78, 5) is 12.1. The fraction of sp³-hybridized carbons (Fsp3) is 0.400. The van der Waals surface area contributed by atoms with Crippen LogP contribution in [-0.2, 0) is 4.79 Å². The average molecular weight is 272 g/mol. The van der Waals surface area contributed by atoms with E-state index in [9.17, 15) is 4.79 Å². The predicted molar refractivity (Wildman–Crippen MR) is 80.5 cm³/mol. The van der Waals surface area contributed by atoms with Gasteiger partial charge in [-0.25, -0.2) is 0 Å². The van der Waals surface area contributed by atoms with Gasteiger partial charge < -0.3 is 10.6 Å². The predicted octanol–water partition coefficient (Wildman–Crippen LogP) is 2.34. The molecule has 2 rings (SSSR count). The Labute approximate surface area is 118 Å². The molecule has 106 valence electrons. The molecule has 0 aliphatic heterocycles. The van der Waals surface area contributed by atoms with Crippen LogP contribution in [0.3, 0.4) is 0 Å². The van der Waals surface area contributed by atoms with Crippen molar-refractivity contribution in [3.05, 3.63) is 30.5 Å². The van der Waals surface area contributed by atoms with Gasteiger partial charge in [0, 0.05) is 16.3 Å². The smallest absolute Gasteiger partial charge is 0.242 e. The Kier molecular flexibility index (Phi) is 3.88. The monoisotopic (exact) mass is 272 g/mol. The summed E-state index contributed by atoms with van der Waals surface area (Å²) in [5, 5.41) is 16.0. The summed E-state index contributed by atoms with van der Waals surface area (Å²) in [6.07, 6.45) is 1.71. The third-order valence-electron chi connectivity index (χ3n) is 2.82. The van der Waals surface area contributed by atoms with Crippen LogP contribution < -0.4 is 10.6 Å². The van der Waals surface area contributed by atoms with Crippen LogP contribution in [0, 0.1) is 0 Å². The zero-order chi connectivity index (χ0) is 14.8. The van der Waals surface area contributed by atoms with Crippen LogP contribution in [0.5, 0.6) is 0 Å². The molecule has 1 aromatic carbocycles. The van der Waals surface area contributed by atoms with Gasteiger partial charge in [-0.1, -0.05) is 24.3 Å². The molecule has 1 amide bonds. The van der Waals surface area contributed by atoms with Crippen molar-refractivity contribution in [3.8, 4) is 0 Å². The van der Waals surface area contributed by atoms with E-state index >= 15 is 0 Å². The Hall–Kier alpha value is -2.17. The molecule has 0 radical (unpaired) electrons. The maximum Gasteiger partial charge on any atom is 0.242 e. The first-order valence-corrected chi connectivity index (χ1v) is 6.66. The molecular weight excluding hydrogens is 252 g/mol. The minimum absolute atomic E-state index is 0.0627. The number of carbonyl (C=O) groups is 1. The minimum Gasteiger partial charge on any atom is -0.357 e. The zero-order valence-electron chi connectivity index (χ0n) is 12.3. The number of benzene rings is 1. The molecular formula is C15H20N4O. The fourth-order valence-corrected chi connectivity index (χ4v) is 1.88. The maximum atomic E-state index is 12.1. The SMILES string of the molecule is CC(Nc1nncc2ccccc12)C(=O)NC(C)(C)C. The normalized spacial score (nSPS) is 13.0. The van der Waals surface area contributed by atoms with Crippen molar-refractivity contribution < 1.29 is 4.79 Å². The summed E-state index contributed by atoms with van der Waals surface area (Å²) >= 11 is 0. The zero-order valence-corrected chi connectivity index (χ0v) is 12.3. The molecule has 1 heterocycles. The maximum absolute atomic E-state index is 12.1. The van der Waals surface area contributed by atoms with Gasteiger partial charge in [-0.15, -0.1) is 5.10 Å². The second kappa shape index (κ2) is 5.45. The second-order valence-electron chi connectivity index (χ2n) is 5.89. The Morgan fingerprint density at radius 3 is 2.65 bits per heavy atom. The van der Waals surface area contributed by atoms with Gasteiger partial charge in [-0.2, -0.15) is 5.10 Å². The number of aromatic nitrogens is 2. The first kappa shape index (κ1) is 14.2. The van der Waals surface area contributed by atoms with Gasteiger partial charge in [-0.3, -0.25) is 4.79 Å². The number of nitrogens with zero attached hydrogens (tertiary/aromatic N) is 2. The van der Waals surface area contributed by atoms with Gasteiger partial charge in [0.25, 0.3) is 0 Å². The highest BCUT2D eigenvalue weighted by Gasteiger charge is 2.20. The molecule has 0 aliphatic carbocycles. The summed E-state index contributed by atoms with van der Waals surface area (Å²) in [5.74, 6) is 0.562. The summed E-state index contributed by atoms with van der Waals surface area (Å²) in [6, 6.07) is 7.43. The summed E-state index contributed by atoms with van der Waals surface area (Å²) in [7, 11) is 0. The molecule has 0 bridgehead atoms. The Balaban J connectivity index is 2.18. The van der Waals surface area contributed by atoms with Crippen molar-refractivity contribution in [2.24, 2.45) is 0 Å². The lowest BCUT2D eigenvalue weighted by molar-refractivity contribution is -0.122. The molecule has 2 aromatic rings. The molecule has 0 saturated heterocycles. The highest BCUT2D eigenvalue weighted by atomic mass is 16.2. The molecule has 1 unspecified atom stereocenters. The lowest BCUT2D eigenvalue weighted by Gasteiger charge is -2.24. The van der Waals surface area contributed by atoms with Crippen molar-refractivity contribution in [2.75, 3.05) is 5.32 Å². The highest BCUT2D eigenvalue weighted by Crippen LogP contribution is 2.19. The summed E-state index contributed by atoms with van der Waals surface area (Å²) in [6.45, 7) is 7.67.